The Hall–Kier alpha value is -1.27. The van der Waals surface area contributed by atoms with Gasteiger partial charge in [0.25, 0.3) is 0 Å². The van der Waals surface area contributed by atoms with Gasteiger partial charge in [-0.2, -0.15) is 8.78 Å². The number of esters is 1. The largest absolute Gasteiger partial charge is 0.462 e. The van der Waals surface area contributed by atoms with Crippen LogP contribution in [0.1, 0.15) is 18.5 Å². The van der Waals surface area contributed by atoms with E-state index >= 15 is 0 Å². The van der Waals surface area contributed by atoms with Crippen LogP contribution in [0.2, 0.25) is 5.02 Å². The van der Waals surface area contributed by atoms with Crippen molar-refractivity contribution in [1.29, 1.82) is 0 Å². The number of hydrogen-bond donors (Lipinski definition) is 1. The molecule has 0 unspecified atom stereocenters. The molecule has 0 saturated heterocycles. The molecule has 2 N–H and O–H groups in total. The summed E-state index contributed by atoms with van der Waals surface area (Å²) in [7, 11) is 0. The van der Waals surface area contributed by atoms with Crippen molar-refractivity contribution in [3.8, 4) is 0 Å². The van der Waals surface area contributed by atoms with Crippen molar-refractivity contribution >= 4 is 17.6 Å². The second-order valence-electron chi connectivity index (χ2n) is 3.49. The highest BCUT2D eigenvalue weighted by atomic mass is 35.5. The van der Waals surface area contributed by atoms with E-state index in [-0.39, 0.29) is 17.2 Å². The van der Waals surface area contributed by atoms with Gasteiger partial charge in [0.05, 0.1) is 6.61 Å². The molecule has 1 atom stereocenters. The minimum Gasteiger partial charge on any atom is -0.462 e. The molecular formula is C11H11ClF3NO2. The van der Waals surface area contributed by atoms with Gasteiger partial charge in [-0.3, -0.25) is 0 Å². The molecule has 1 rings (SSSR count). The van der Waals surface area contributed by atoms with E-state index in [1.807, 2.05) is 0 Å². The molecule has 0 heterocycles. The number of benzene rings is 1. The zero-order chi connectivity index (χ0) is 13.9. The summed E-state index contributed by atoms with van der Waals surface area (Å²) in [4.78, 5) is 11.1. The second-order valence-corrected chi connectivity index (χ2v) is 3.89. The predicted octanol–water partition coefficient (Wildman–Crippen LogP) is 2.68. The highest BCUT2D eigenvalue weighted by Gasteiger charge is 2.48. The fourth-order valence-corrected chi connectivity index (χ4v) is 1.59. The fourth-order valence-electron chi connectivity index (χ4n) is 1.30. The number of nitrogens with two attached hydrogens (primary N) is 1. The van der Waals surface area contributed by atoms with Crippen molar-refractivity contribution < 1.29 is 22.7 Å². The number of ether oxygens (including phenoxy) is 1. The maximum absolute atomic E-state index is 13.6. The van der Waals surface area contributed by atoms with Crippen LogP contribution in [0.4, 0.5) is 13.2 Å². The molecule has 100 valence electrons. The van der Waals surface area contributed by atoms with Crippen molar-refractivity contribution in [3.63, 3.8) is 0 Å². The van der Waals surface area contributed by atoms with E-state index in [2.05, 4.69) is 4.74 Å². The SMILES string of the molecule is CCOC(=O)C(F)(F)[C@H](N)c1ccc(F)cc1Cl. The Balaban J connectivity index is 3.05. The molecular weight excluding hydrogens is 271 g/mol. The number of alkyl halides is 2. The van der Waals surface area contributed by atoms with Crippen LogP contribution in [-0.4, -0.2) is 18.5 Å². The molecule has 3 nitrogen and oxygen atoms in total. The predicted molar refractivity (Wildman–Crippen MR) is 59.9 cm³/mol. The molecule has 1 aromatic rings. The van der Waals surface area contributed by atoms with Crippen LogP contribution in [0.3, 0.4) is 0 Å². The van der Waals surface area contributed by atoms with E-state index in [0.29, 0.717) is 0 Å². The van der Waals surface area contributed by atoms with E-state index in [0.717, 1.165) is 18.2 Å². The molecule has 0 spiro atoms. The first-order chi connectivity index (χ1) is 8.30. The summed E-state index contributed by atoms with van der Waals surface area (Å²) in [5.41, 5.74) is 5.07. The van der Waals surface area contributed by atoms with Crippen LogP contribution in [0.5, 0.6) is 0 Å². The van der Waals surface area contributed by atoms with Crippen LogP contribution < -0.4 is 5.73 Å². The van der Waals surface area contributed by atoms with Gasteiger partial charge in [0, 0.05) is 5.02 Å². The van der Waals surface area contributed by atoms with E-state index in [1.165, 1.54) is 6.92 Å². The third-order valence-electron chi connectivity index (χ3n) is 2.24. The number of halogens is 4. The minimum absolute atomic E-state index is 0.196. The molecule has 0 fully saturated rings. The van der Waals surface area contributed by atoms with Gasteiger partial charge in [-0.15, -0.1) is 0 Å². The Kier molecular flexibility index (Phi) is 4.59. The lowest BCUT2D eigenvalue weighted by molar-refractivity contribution is -0.174. The zero-order valence-corrected chi connectivity index (χ0v) is 10.2. The van der Waals surface area contributed by atoms with E-state index in [1.54, 1.807) is 0 Å². The highest BCUT2D eigenvalue weighted by Crippen LogP contribution is 2.34. The number of carbonyl (C=O) groups is 1. The topological polar surface area (TPSA) is 52.3 Å². The lowest BCUT2D eigenvalue weighted by Gasteiger charge is -2.22. The third-order valence-corrected chi connectivity index (χ3v) is 2.56. The van der Waals surface area contributed by atoms with Crippen molar-refractivity contribution in [1.82, 2.24) is 0 Å². The Bertz CT molecular complexity index is 454. The number of carbonyl (C=O) groups excluding carboxylic acids is 1. The van der Waals surface area contributed by atoms with Crippen LogP contribution in [0.15, 0.2) is 18.2 Å². The van der Waals surface area contributed by atoms with Gasteiger partial charge in [0.1, 0.15) is 11.9 Å². The van der Waals surface area contributed by atoms with Crippen molar-refractivity contribution in [3.05, 3.63) is 34.6 Å². The lowest BCUT2D eigenvalue weighted by atomic mass is 10.0. The smallest absolute Gasteiger partial charge is 0.379 e. The molecule has 0 saturated carbocycles. The van der Waals surface area contributed by atoms with Gasteiger partial charge in [-0.25, -0.2) is 9.18 Å². The zero-order valence-electron chi connectivity index (χ0n) is 9.42. The maximum Gasteiger partial charge on any atom is 0.379 e. The summed E-state index contributed by atoms with van der Waals surface area (Å²) < 4.78 is 44.2. The molecule has 0 aromatic heterocycles. The summed E-state index contributed by atoms with van der Waals surface area (Å²) in [5.74, 6) is -6.36. The van der Waals surface area contributed by atoms with E-state index in [4.69, 9.17) is 17.3 Å². The maximum atomic E-state index is 13.6. The van der Waals surface area contributed by atoms with Crippen LogP contribution in [-0.2, 0) is 9.53 Å². The molecule has 0 bridgehead atoms. The normalized spacial score (nSPS) is 13.2. The Morgan fingerprint density at radius 2 is 2.17 bits per heavy atom. The van der Waals surface area contributed by atoms with Gasteiger partial charge in [-0.05, 0) is 24.6 Å². The molecule has 18 heavy (non-hydrogen) atoms. The molecule has 0 aliphatic heterocycles. The average molecular weight is 282 g/mol. The van der Waals surface area contributed by atoms with Crippen LogP contribution in [0, 0.1) is 5.82 Å². The molecule has 0 aliphatic rings. The number of rotatable bonds is 4. The van der Waals surface area contributed by atoms with Gasteiger partial charge in [0.15, 0.2) is 0 Å². The second kappa shape index (κ2) is 5.58. The summed E-state index contributed by atoms with van der Waals surface area (Å²) in [6.45, 7) is 1.20. The monoisotopic (exact) mass is 281 g/mol. The molecule has 0 amide bonds. The van der Waals surface area contributed by atoms with Crippen LogP contribution >= 0.6 is 11.6 Å². The van der Waals surface area contributed by atoms with E-state index < -0.39 is 23.8 Å². The molecule has 7 heteroatoms. The van der Waals surface area contributed by atoms with Crippen LogP contribution in [0.25, 0.3) is 0 Å². The Labute approximate surface area is 107 Å². The summed E-state index contributed by atoms with van der Waals surface area (Å²) in [6, 6.07) is 0.792. The number of hydrogen-bond acceptors (Lipinski definition) is 3. The molecule has 1 aromatic carbocycles. The molecule has 0 radical (unpaired) electrons. The summed E-state index contributed by atoms with van der Waals surface area (Å²) in [6.07, 6.45) is 0. The summed E-state index contributed by atoms with van der Waals surface area (Å²) in [5, 5.41) is -0.272. The van der Waals surface area contributed by atoms with Gasteiger partial charge in [-0.1, -0.05) is 17.7 Å². The lowest BCUT2D eigenvalue weighted by Crippen LogP contribution is -2.41. The average Bonchev–Trinajstić information content (AvgIpc) is 2.28. The first-order valence-electron chi connectivity index (χ1n) is 5.06. The first-order valence-corrected chi connectivity index (χ1v) is 5.44. The Morgan fingerprint density at radius 1 is 1.56 bits per heavy atom. The van der Waals surface area contributed by atoms with Gasteiger partial charge in [0.2, 0.25) is 0 Å². The Morgan fingerprint density at radius 3 is 2.67 bits per heavy atom. The first kappa shape index (κ1) is 14.8. The third kappa shape index (κ3) is 2.94. The minimum atomic E-state index is -3.93. The standard InChI is InChI=1S/C11H11ClF3NO2/c1-2-18-10(17)11(14,15)9(16)7-4-3-6(13)5-8(7)12/h3-5,9H,2,16H2,1H3/t9-/m1/s1. The van der Waals surface area contributed by atoms with Crippen molar-refractivity contribution in [2.24, 2.45) is 5.73 Å². The quantitative estimate of drug-likeness (QED) is 0.863. The van der Waals surface area contributed by atoms with Crippen molar-refractivity contribution in [2.75, 3.05) is 6.61 Å². The van der Waals surface area contributed by atoms with Gasteiger partial charge >= 0.3 is 11.9 Å². The highest BCUT2D eigenvalue weighted by molar-refractivity contribution is 6.31. The van der Waals surface area contributed by atoms with Crippen molar-refractivity contribution in [2.45, 2.75) is 18.9 Å². The molecule has 0 aliphatic carbocycles. The van der Waals surface area contributed by atoms with Gasteiger partial charge < -0.3 is 10.5 Å². The van der Waals surface area contributed by atoms with E-state index in [9.17, 15) is 18.0 Å². The summed E-state index contributed by atoms with van der Waals surface area (Å²) >= 11 is 5.61. The fraction of sp³-hybridized carbons (Fsp3) is 0.364.